The van der Waals surface area contributed by atoms with Crippen LogP contribution in [0.3, 0.4) is 0 Å². The van der Waals surface area contributed by atoms with Crippen LogP contribution in [0.5, 0.6) is 0 Å². The topological polar surface area (TPSA) is 47.3 Å². The molecule has 4 nitrogen and oxygen atoms in total. The van der Waals surface area contributed by atoms with Gasteiger partial charge in [-0.15, -0.1) is 0 Å². The summed E-state index contributed by atoms with van der Waals surface area (Å²) in [5, 5.41) is 4.00. The van der Waals surface area contributed by atoms with Crippen LogP contribution in [0.1, 0.15) is 12.5 Å². The zero-order valence-electron chi connectivity index (χ0n) is 13.0. The van der Waals surface area contributed by atoms with Crippen molar-refractivity contribution in [1.82, 2.24) is 10.3 Å². The van der Waals surface area contributed by atoms with Crippen LogP contribution < -0.4 is 5.32 Å². The van der Waals surface area contributed by atoms with Crippen LogP contribution in [0, 0.1) is 0 Å². The molecule has 6 heteroatoms. The minimum atomic E-state index is -0.360. The summed E-state index contributed by atoms with van der Waals surface area (Å²) in [5.41, 5.74) is 3.07. The second kappa shape index (κ2) is 5.84. The number of nitrogens with one attached hydrogen (secondary N) is 1. The fourth-order valence-electron chi connectivity index (χ4n) is 2.90. The van der Waals surface area contributed by atoms with E-state index in [0.29, 0.717) is 34.7 Å². The minimum Gasteiger partial charge on any atom is -0.436 e. The molecule has 2 heterocycles. The lowest BCUT2D eigenvalue weighted by atomic mass is 9.90. The van der Waals surface area contributed by atoms with E-state index in [1.54, 1.807) is 12.1 Å². The van der Waals surface area contributed by atoms with E-state index in [-0.39, 0.29) is 5.54 Å². The Bertz CT molecular complexity index is 940. The Balaban J connectivity index is 1.75. The van der Waals surface area contributed by atoms with Gasteiger partial charge in [0.05, 0.1) is 18.8 Å². The van der Waals surface area contributed by atoms with Crippen molar-refractivity contribution in [3.63, 3.8) is 0 Å². The van der Waals surface area contributed by atoms with E-state index in [0.717, 1.165) is 16.6 Å². The van der Waals surface area contributed by atoms with Crippen molar-refractivity contribution >= 4 is 39.9 Å². The fourth-order valence-corrected chi connectivity index (χ4v) is 3.38. The molecule has 0 saturated carbocycles. The van der Waals surface area contributed by atoms with Gasteiger partial charge >= 0.3 is 0 Å². The van der Waals surface area contributed by atoms with E-state index in [1.807, 2.05) is 24.3 Å². The van der Waals surface area contributed by atoms with Crippen molar-refractivity contribution in [1.29, 1.82) is 0 Å². The Morgan fingerprint density at radius 1 is 1.25 bits per heavy atom. The summed E-state index contributed by atoms with van der Waals surface area (Å²) in [6.45, 7) is 3.10. The van der Waals surface area contributed by atoms with Gasteiger partial charge in [0.2, 0.25) is 5.89 Å². The number of nitrogens with zero attached hydrogens (tertiary/aromatic N) is 1. The molecule has 0 bridgehead atoms. The second-order valence-electron chi connectivity index (χ2n) is 6.08. The van der Waals surface area contributed by atoms with Gasteiger partial charge < -0.3 is 14.5 Å². The number of hydrogen-bond acceptors (Lipinski definition) is 4. The number of rotatable bonds is 2. The Morgan fingerprint density at radius 3 is 2.96 bits per heavy atom. The molecular formula is C18H15ClN2O2S. The number of aromatic nitrogens is 1. The maximum atomic E-state index is 6.02. The number of halogens is 1. The summed E-state index contributed by atoms with van der Waals surface area (Å²) in [4.78, 5) is 5.25. The molecule has 24 heavy (non-hydrogen) atoms. The predicted octanol–water partition coefficient (Wildman–Crippen LogP) is 4.31. The van der Waals surface area contributed by atoms with Crippen LogP contribution in [0.25, 0.3) is 22.6 Å². The second-order valence-corrected chi connectivity index (χ2v) is 7.01. The summed E-state index contributed by atoms with van der Waals surface area (Å²) in [6.07, 6.45) is 0. The van der Waals surface area contributed by atoms with Crippen LogP contribution >= 0.6 is 23.8 Å². The summed E-state index contributed by atoms with van der Waals surface area (Å²) in [6, 6.07) is 13.5. The molecule has 0 amide bonds. The number of morpholine rings is 1. The highest BCUT2D eigenvalue weighted by atomic mass is 35.5. The van der Waals surface area contributed by atoms with E-state index < -0.39 is 0 Å². The van der Waals surface area contributed by atoms with Gasteiger partial charge in [0.25, 0.3) is 0 Å². The Labute approximate surface area is 149 Å². The van der Waals surface area contributed by atoms with Gasteiger partial charge in [-0.05, 0) is 42.8 Å². The maximum Gasteiger partial charge on any atom is 0.227 e. The largest absolute Gasteiger partial charge is 0.436 e. The van der Waals surface area contributed by atoms with Crippen LogP contribution in [0.15, 0.2) is 46.9 Å². The lowest BCUT2D eigenvalue weighted by molar-refractivity contribution is 0.0875. The highest BCUT2D eigenvalue weighted by Crippen LogP contribution is 2.30. The first-order valence-corrected chi connectivity index (χ1v) is 8.38. The average molecular weight is 359 g/mol. The minimum absolute atomic E-state index is 0.360. The third kappa shape index (κ3) is 2.79. The first-order valence-electron chi connectivity index (χ1n) is 7.59. The third-order valence-corrected chi connectivity index (χ3v) is 4.59. The van der Waals surface area contributed by atoms with Crippen LogP contribution in [-0.2, 0) is 10.3 Å². The molecule has 3 aromatic rings. The Hall–Kier alpha value is -1.95. The quantitative estimate of drug-likeness (QED) is 0.692. The molecule has 4 rings (SSSR count). The Morgan fingerprint density at radius 2 is 2.12 bits per heavy atom. The molecule has 1 fully saturated rings. The van der Waals surface area contributed by atoms with Crippen molar-refractivity contribution in [2.24, 2.45) is 0 Å². The predicted molar refractivity (Wildman–Crippen MR) is 98.4 cm³/mol. The number of hydrogen-bond donors (Lipinski definition) is 1. The molecule has 1 aliphatic rings. The molecule has 1 aliphatic heterocycles. The number of fused-ring (bicyclic) bond motifs is 1. The van der Waals surface area contributed by atoms with Crippen molar-refractivity contribution in [3.05, 3.63) is 53.1 Å². The first kappa shape index (κ1) is 15.6. The van der Waals surface area contributed by atoms with E-state index in [4.69, 9.17) is 33.0 Å². The average Bonchev–Trinajstić information content (AvgIpc) is 2.98. The Kier molecular flexibility index (Phi) is 3.79. The highest BCUT2D eigenvalue weighted by molar-refractivity contribution is 7.80. The fraction of sp³-hybridized carbons (Fsp3) is 0.222. The van der Waals surface area contributed by atoms with Gasteiger partial charge in [-0.1, -0.05) is 36.0 Å². The molecule has 1 aromatic heterocycles. The van der Waals surface area contributed by atoms with Crippen LogP contribution in [0.4, 0.5) is 0 Å². The lowest BCUT2D eigenvalue weighted by Gasteiger charge is -2.36. The van der Waals surface area contributed by atoms with Crippen LogP contribution in [0.2, 0.25) is 5.02 Å². The van der Waals surface area contributed by atoms with Gasteiger partial charge in [0, 0.05) is 10.6 Å². The van der Waals surface area contributed by atoms with Crippen molar-refractivity contribution in [3.8, 4) is 11.5 Å². The van der Waals surface area contributed by atoms with Gasteiger partial charge in [0.15, 0.2) is 5.58 Å². The standard InChI is InChI=1S/C18H15ClN2O2S/c1-18(10-22-9-16(24)21-18)12-4-2-3-11(7-12)17-20-14-8-13(19)5-6-15(14)23-17/h2-8H,9-10H2,1H3,(H,21,24)/t18-/m1/s1. The van der Waals surface area contributed by atoms with E-state index in [9.17, 15) is 0 Å². The van der Waals surface area contributed by atoms with Crippen molar-refractivity contribution in [2.75, 3.05) is 13.2 Å². The summed E-state index contributed by atoms with van der Waals surface area (Å²) < 4.78 is 11.5. The monoisotopic (exact) mass is 358 g/mol. The lowest BCUT2D eigenvalue weighted by Crippen LogP contribution is -2.52. The maximum absolute atomic E-state index is 6.02. The van der Waals surface area contributed by atoms with E-state index in [1.165, 1.54) is 0 Å². The van der Waals surface area contributed by atoms with Gasteiger partial charge in [0.1, 0.15) is 10.5 Å². The molecule has 2 aromatic carbocycles. The van der Waals surface area contributed by atoms with Crippen LogP contribution in [-0.4, -0.2) is 23.2 Å². The van der Waals surface area contributed by atoms with Gasteiger partial charge in [-0.25, -0.2) is 4.98 Å². The number of ether oxygens (including phenoxy) is 1. The SMILES string of the molecule is C[C@]1(c2cccc(-c3nc4cc(Cl)ccc4o3)c2)COCC(=S)N1. The van der Waals surface area contributed by atoms with Crippen molar-refractivity contribution in [2.45, 2.75) is 12.5 Å². The number of benzene rings is 2. The molecule has 0 aliphatic carbocycles. The van der Waals surface area contributed by atoms with E-state index >= 15 is 0 Å². The van der Waals surface area contributed by atoms with Crippen molar-refractivity contribution < 1.29 is 9.15 Å². The molecule has 1 atom stereocenters. The molecular weight excluding hydrogens is 344 g/mol. The van der Waals surface area contributed by atoms with Gasteiger partial charge in [-0.2, -0.15) is 0 Å². The molecule has 1 N–H and O–H groups in total. The molecule has 0 radical (unpaired) electrons. The number of thiocarbonyl (C=S) groups is 1. The van der Waals surface area contributed by atoms with E-state index in [2.05, 4.69) is 23.3 Å². The molecule has 122 valence electrons. The number of oxazole rings is 1. The summed E-state index contributed by atoms with van der Waals surface area (Å²) in [5.74, 6) is 0.567. The first-order chi connectivity index (χ1) is 11.5. The smallest absolute Gasteiger partial charge is 0.227 e. The molecule has 1 saturated heterocycles. The summed E-state index contributed by atoms with van der Waals surface area (Å²) >= 11 is 11.3. The van der Waals surface area contributed by atoms with Gasteiger partial charge in [-0.3, -0.25) is 0 Å². The molecule has 0 unspecified atom stereocenters. The highest BCUT2D eigenvalue weighted by Gasteiger charge is 2.31. The zero-order chi connectivity index (χ0) is 16.7. The third-order valence-electron chi connectivity index (χ3n) is 4.14. The summed E-state index contributed by atoms with van der Waals surface area (Å²) in [7, 11) is 0. The molecule has 0 spiro atoms. The zero-order valence-corrected chi connectivity index (χ0v) is 14.6. The normalized spacial score (nSPS) is 21.0.